The average molecular weight is 233 g/mol. The van der Waals surface area contributed by atoms with E-state index < -0.39 is 11.2 Å². The molecular formula is C9H7N5O3. The monoisotopic (exact) mass is 233 g/mol. The van der Waals surface area contributed by atoms with Crippen LogP contribution in [-0.2, 0) is 13.0 Å². The molecule has 8 nitrogen and oxygen atoms in total. The van der Waals surface area contributed by atoms with Crippen LogP contribution in [0.2, 0.25) is 0 Å². The molecule has 0 saturated heterocycles. The van der Waals surface area contributed by atoms with Gasteiger partial charge in [-0.1, -0.05) is 5.16 Å². The lowest BCUT2D eigenvalue weighted by molar-refractivity contribution is 0.369. The number of aromatic amines is 1. The van der Waals surface area contributed by atoms with E-state index in [2.05, 4.69) is 15.1 Å². The van der Waals surface area contributed by atoms with Gasteiger partial charge in [0, 0.05) is 19.2 Å². The molecule has 0 aliphatic carbocycles. The molecular weight excluding hydrogens is 226 g/mol. The van der Waals surface area contributed by atoms with Crippen LogP contribution in [0.25, 0.3) is 0 Å². The first kappa shape index (κ1) is 10.8. The Bertz CT molecular complexity index is 661. The van der Waals surface area contributed by atoms with E-state index in [-0.39, 0.29) is 12.1 Å². The molecule has 0 aliphatic heterocycles. The lowest BCUT2D eigenvalue weighted by atomic mass is 10.3. The summed E-state index contributed by atoms with van der Waals surface area (Å²) in [4.78, 5) is 28.4. The molecule has 0 amide bonds. The zero-order valence-electron chi connectivity index (χ0n) is 8.58. The van der Waals surface area contributed by atoms with E-state index in [1.165, 1.54) is 17.1 Å². The maximum atomic E-state index is 11.4. The lowest BCUT2D eigenvalue weighted by Crippen LogP contribution is -2.31. The fourth-order valence-corrected chi connectivity index (χ4v) is 1.28. The van der Waals surface area contributed by atoms with Crippen molar-refractivity contribution in [1.29, 1.82) is 5.26 Å². The third-order valence-corrected chi connectivity index (χ3v) is 2.10. The zero-order chi connectivity index (χ0) is 12.3. The number of nitrogens with one attached hydrogen (secondary N) is 1. The molecule has 1 N–H and O–H groups in total. The summed E-state index contributed by atoms with van der Waals surface area (Å²) in [6.07, 6.45) is 2.81. The van der Waals surface area contributed by atoms with Gasteiger partial charge in [0.25, 0.3) is 5.56 Å². The van der Waals surface area contributed by atoms with Gasteiger partial charge in [-0.2, -0.15) is 10.2 Å². The molecule has 2 rings (SSSR count). The fourth-order valence-electron chi connectivity index (χ4n) is 1.28. The first-order chi connectivity index (χ1) is 8.20. The highest BCUT2D eigenvalue weighted by Crippen LogP contribution is 1.95. The molecule has 0 unspecified atom stereocenters. The van der Waals surface area contributed by atoms with Crippen LogP contribution in [-0.4, -0.2) is 19.7 Å². The number of nitriles is 1. The largest absolute Gasteiger partial charge is 0.340 e. The van der Waals surface area contributed by atoms with E-state index >= 15 is 0 Å². The van der Waals surface area contributed by atoms with Gasteiger partial charge in [0.1, 0.15) is 11.6 Å². The summed E-state index contributed by atoms with van der Waals surface area (Å²) in [5.41, 5.74) is -1.38. The molecule has 0 fully saturated rings. The van der Waals surface area contributed by atoms with Gasteiger partial charge in [-0.25, -0.2) is 4.79 Å². The first-order valence-corrected chi connectivity index (χ1v) is 4.70. The second-order valence-electron chi connectivity index (χ2n) is 3.19. The molecule has 0 saturated carbocycles. The van der Waals surface area contributed by atoms with Crippen molar-refractivity contribution in [2.24, 2.45) is 0 Å². The van der Waals surface area contributed by atoms with E-state index in [9.17, 15) is 9.59 Å². The topological polar surface area (TPSA) is 118 Å². The van der Waals surface area contributed by atoms with E-state index in [0.29, 0.717) is 12.3 Å². The molecule has 2 heterocycles. The van der Waals surface area contributed by atoms with Crippen molar-refractivity contribution in [1.82, 2.24) is 19.7 Å². The van der Waals surface area contributed by atoms with Crippen LogP contribution in [0.4, 0.5) is 0 Å². The number of hydrogen-bond acceptors (Lipinski definition) is 6. The summed E-state index contributed by atoms with van der Waals surface area (Å²) in [5.74, 6) is 0.376. The standard InChI is InChI=1S/C9H7N5O3/c10-3-6-4-14(9(16)13-8(6)15)2-1-7-11-5-12-17-7/h4-5H,1-2H2,(H,13,15,16). The van der Waals surface area contributed by atoms with Gasteiger partial charge in [0.15, 0.2) is 6.33 Å². The minimum atomic E-state index is -0.688. The molecule has 0 spiro atoms. The van der Waals surface area contributed by atoms with Gasteiger partial charge >= 0.3 is 5.69 Å². The second kappa shape index (κ2) is 4.44. The maximum absolute atomic E-state index is 11.4. The highest BCUT2D eigenvalue weighted by Gasteiger charge is 2.05. The van der Waals surface area contributed by atoms with Crippen molar-refractivity contribution in [2.45, 2.75) is 13.0 Å². The summed E-state index contributed by atoms with van der Waals surface area (Å²) in [6.45, 7) is 0.243. The third-order valence-electron chi connectivity index (χ3n) is 2.10. The van der Waals surface area contributed by atoms with Gasteiger partial charge in [0.2, 0.25) is 5.89 Å². The van der Waals surface area contributed by atoms with Crippen LogP contribution < -0.4 is 11.2 Å². The molecule has 0 bridgehead atoms. The van der Waals surface area contributed by atoms with Crippen LogP contribution in [0.1, 0.15) is 11.5 Å². The summed E-state index contributed by atoms with van der Waals surface area (Å²) in [6, 6.07) is 1.70. The van der Waals surface area contributed by atoms with Crippen LogP contribution >= 0.6 is 0 Å². The van der Waals surface area contributed by atoms with Gasteiger partial charge in [-0.15, -0.1) is 0 Å². The summed E-state index contributed by atoms with van der Waals surface area (Å²) < 4.78 is 5.97. The number of aromatic nitrogens is 4. The Hall–Kier alpha value is -2.69. The van der Waals surface area contributed by atoms with Gasteiger partial charge < -0.3 is 4.52 Å². The van der Waals surface area contributed by atoms with Crippen molar-refractivity contribution in [3.8, 4) is 6.07 Å². The normalized spacial score (nSPS) is 10.1. The second-order valence-corrected chi connectivity index (χ2v) is 3.19. The van der Waals surface area contributed by atoms with Crippen LogP contribution in [0, 0.1) is 11.3 Å². The van der Waals surface area contributed by atoms with E-state index in [1.807, 2.05) is 0 Å². The Labute approximate surface area is 94.1 Å². The quantitative estimate of drug-likeness (QED) is 0.729. The minimum Gasteiger partial charge on any atom is -0.340 e. The minimum absolute atomic E-state index is 0.116. The molecule has 2 aromatic heterocycles. The van der Waals surface area contributed by atoms with Gasteiger partial charge in [-0.05, 0) is 0 Å². The van der Waals surface area contributed by atoms with E-state index in [0.717, 1.165) is 0 Å². The van der Waals surface area contributed by atoms with Crippen LogP contribution in [0.3, 0.4) is 0 Å². The van der Waals surface area contributed by atoms with Crippen molar-refractivity contribution in [3.63, 3.8) is 0 Å². The SMILES string of the molecule is N#Cc1cn(CCc2ncno2)c(=O)[nH]c1=O. The van der Waals surface area contributed by atoms with E-state index in [1.54, 1.807) is 6.07 Å². The van der Waals surface area contributed by atoms with Crippen molar-refractivity contribution in [3.05, 3.63) is 44.8 Å². The highest BCUT2D eigenvalue weighted by molar-refractivity contribution is 5.21. The molecule has 0 aromatic carbocycles. The Kier molecular flexibility index (Phi) is 2.83. The average Bonchev–Trinajstić information content (AvgIpc) is 2.81. The molecule has 86 valence electrons. The lowest BCUT2D eigenvalue weighted by Gasteiger charge is -2.02. The number of H-pyrrole nitrogens is 1. The fraction of sp³-hybridized carbons (Fsp3) is 0.222. The van der Waals surface area contributed by atoms with Crippen molar-refractivity contribution in [2.75, 3.05) is 0 Å². The van der Waals surface area contributed by atoms with Gasteiger partial charge in [0.05, 0.1) is 0 Å². The first-order valence-electron chi connectivity index (χ1n) is 4.70. The summed E-state index contributed by atoms with van der Waals surface area (Å²) >= 11 is 0. The van der Waals surface area contributed by atoms with E-state index in [4.69, 9.17) is 9.78 Å². The molecule has 17 heavy (non-hydrogen) atoms. The summed E-state index contributed by atoms with van der Waals surface area (Å²) in [7, 11) is 0. The Morgan fingerprint density at radius 3 is 3.00 bits per heavy atom. The van der Waals surface area contributed by atoms with Crippen molar-refractivity contribution >= 4 is 0 Å². The molecule has 0 radical (unpaired) electrons. The third kappa shape index (κ3) is 2.28. The Morgan fingerprint density at radius 1 is 1.53 bits per heavy atom. The van der Waals surface area contributed by atoms with Crippen LogP contribution in [0.5, 0.6) is 0 Å². The highest BCUT2D eigenvalue weighted by atomic mass is 16.5. The summed E-state index contributed by atoms with van der Waals surface area (Å²) in [5, 5.41) is 12.1. The van der Waals surface area contributed by atoms with Crippen LogP contribution in [0.15, 0.2) is 26.6 Å². The smallest absolute Gasteiger partial charge is 0.328 e. The molecule has 8 heteroatoms. The maximum Gasteiger partial charge on any atom is 0.328 e. The van der Waals surface area contributed by atoms with Gasteiger partial charge in [-0.3, -0.25) is 14.3 Å². The number of hydrogen-bond donors (Lipinski definition) is 1. The Balaban J connectivity index is 2.25. The predicted octanol–water partition coefficient (Wildman–Crippen LogP) is -0.966. The number of aryl methyl sites for hydroxylation is 2. The predicted molar refractivity (Wildman–Crippen MR) is 54.0 cm³/mol. The Morgan fingerprint density at radius 2 is 2.35 bits per heavy atom. The zero-order valence-corrected chi connectivity index (χ0v) is 8.58. The molecule has 2 aromatic rings. The number of rotatable bonds is 3. The molecule has 0 atom stereocenters. The van der Waals surface area contributed by atoms with Crippen molar-refractivity contribution < 1.29 is 4.52 Å². The number of nitrogens with zero attached hydrogens (tertiary/aromatic N) is 4. The molecule has 0 aliphatic rings.